The number of rotatable bonds is 31. The van der Waals surface area contributed by atoms with Crippen LogP contribution in [-0.4, -0.2) is 184 Å². The van der Waals surface area contributed by atoms with Crippen LogP contribution in [-0.2, 0) is 58.4 Å². The van der Waals surface area contributed by atoms with Gasteiger partial charge in [-0.15, -0.1) is 0 Å². The molecule has 0 bridgehead atoms. The summed E-state index contributed by atoms with van der Waals surface area (Å²) in [7, 11) is 1.89. The Morgan fingerprint density at radius 1 is 0.900 bits per heavy atom. The Morgan fingerprint density at radius 3 is 2.15 bits per heavy atom. The molecule has 1 aliphatic carbocycles. The van der Waals surface area contributed by atoms with E-state index >= 15 is 0 Å². The van der Waals surface area contributed by atoms with E-state index in [9.17, 15) is 20.0 Å². The molecule has 3 atom stereocenters. The summed E-state index contributed by atoms with van der Waals surface area (Å²) in [5, 5.41) is 31.2. The highest BCUT2D eigenvalue weighted by molar-refractivity contribution is 6.31. The molecule has 1 aromatic carbocycles. The summed E-state index contributed by atoms with van der Waals surface area (Å²) in [6, 6.07) is 10.7. The fourth-order valence-corrected chi connectivity index (χ4v) is 11.5. The van der Waals surface area contributed by atoms with Gasteiger partial charge in [-0.25, -0.2) is 19.7 Å². The molecule has 3 aromatic rings. The van der Waals surface area contributed by atoms with E-state index in [2.05, 4.69) is 73.1 Å². The first-order chi connectivity index (χ1) is 38.4. The lowest BCUT2D eigenvalue weighted by Gasteiger charge is -2.63. The van der Waals surface area contributed by atoms with E-state index < -0.39 is 21.9 Å². The van der Waals surface area contributed by atoms with Crippen LogP contribution in [0.1, 0.15) is 97.3 Å². The largest absolute Gasteiger partial charge is 0.489 e. The van der Waals surface area contributed by atoms with Crippen molar-refractivity contribution in [1.29, 1.82) is 5.26 Å². The lowest BCUT2D eigenvalue weighted by molar-refractivity contribution is -0.175. The number of aryl methyl sites for hydroxylation is 1. The quantitative estimate of drug-likeness (QED) is 0.0652. The normalized spacial score (nSPS) is 22.9. The molecule has 4 aliphatic rings. The molecule has 3 unspecified atom stereocenters. The molecule has 3 N–H and O–H groups in total. The number of piperidine rings is 1. The van der Waals surface area contributed by atoms with Crippen LogP contribution in [0.3, 0.4) is 0 Å². The predicted octanol–water partition coefficient (Wildman–Crippen LogP) is 5.74. The van der Waals surface area contributed by atoms with Gasteiger partial charge < -0.3 is 57.9 Å². The van der Waals surface area contributed by atoms with Gasteiger partial charge in [0.05, 0.1) is 103 Å². The van der Waals surface area contributed by atoms with Crippen molar-refractivity contribution in [2.45, 2.75) is 124 Å². The van der Waals surface area contributed by atoms with E-state index in [1.165, 1.54) is 0 Å². The smallest absolute Gasteiger partial charge is 0.250 e. The number of pyridine rings is 1. The number of fused-ring (bicyclic) bond motifs is 1. The van der Waals surface area contributed by atoms with Gasteiger partial charge >= 0.3 is 0 Å². The van der Waals surface area contributed by atoms with E-state index in [0.29, 0.717) is 128 Å². The third kappa shape index (κ3) is 15.8. The molecule has 7 rings (SSSR count). The summed E-state index contributed by atoms with van der Waals surface area (Å²) in [6.45, 7) is 22.5. The van der Waals surface area contributed by atoms with Crippen LogP contribution in [0, 0.1) is 27.6 Å². The van der Waals surface area contributed by atoms with E-state index in [0.717, 1.165) is 61.4 Å². The van der Waals surface area contributed by atoms with Gasteiger partial charge in [0.1, 0.15) is 34.8 Å². The van der Waals surface area contributed by atoms with Gasteiger partial charge in [0.2, 0.25) is 11.9 Å². The zero-order chi connectivity index (χ0) is 57.3. The van der Waals surface area contributed by atoms with E-state index in [4.69, 9.17) is 54.9 Å². The van der Waals surface area contributed by atoms with Crippen molar-refractivity contribution in [2.24, 2.45) is 31.2 Å². The van der Waals surface area contributed by atoms with Crippen molar-refractivity contribution in [2.75, 3.05) is 113 Å². The van der Waals surface area contributed by atoms with Crippen molar-refractivity contribution in [3.8, 4) is 11.8 Å². The Kier molecular flexibility index (Phi) is 22.7. The number of hydrogen-bond acceptors (Lipinski definition) is 18. The number of aliphatic hydroxyl groups is 1. The number of aliphatic imine (C=N–C) groups is 3. The van der Waals surface area contributed by atoms with Gasteiger partial charge in [-0.05, 0) is 63.6 Å². The highest BCUT2D eigenvalue weighted by Crippen LogP contribution is 2.56. The molecule has 21 nitrogen and oxygen atoms in total. The maximum atomic E-state index is 13.7. The Balaban J connectivity index is 0.669. The number of amidine groups is 1. The fraction of sp³-hybridized carbons (Fsp3) is 0.672. The number of nitrogens with one attached hydrogen (secondary N) is 2. The molecule has 1 amide bonds. The lowest BCUT2D eigenvalue weighted by Crippen LogP contribution is -2.75. The number of carbonyl (C=O) groups excluding carboxylic acids is 1. The van der Waals surface area contributed by atoms with Crippen LogP contribution in [0.5, 0.6) is 5.75 Å². The summed E-state index contributed by atoms with van der Waals surface area (Å²) >= 11 is 6.26. The molecule has 0 radical (unpaired) electrons. The summed E-state index contributed by atoms with van der Waals surface area (Å²) in [5.74, 6) is 2.90. The molecule has 1 saturated heterocycles. The summed E-state index contributed by atoms with van der Waals surface area (Å²) < 4.78 is 44.2. The minimum Gasteiger partial charge on any atom is -0.489 e. The SMILES string of the molecule is CCc1cnn2c1N=C(N1CCCCC1CCO)CC2(C)NCc1ccc(=O)n(CCOCCOCCOCCOCCOCCOCCN(C)C2=NCC(C)(C(=O)NC3C(C)(C)C(Oc4ccc(C#N)c(Cl)c4)C3(C)C)C=N2)c1. The van der Waals surface area contributed by atoms with Crippen LogP contribution < -0.4 is 20.9 Å². The topological polar surface area (TPSA) is 233 Å². The Bertz CT molecular complexity index is 2690. The summed E-state index contributed by atoms with van der Waals surface area (Å²) in [6.07, 6.45) is 10.8. The van der Waals surface area contributed by atoms with Crippen LogP contribution >= 0.6 is 11.6 Å². The Hall–Kier alpha value is -5.28. The minimum atomic E-state index is -0.908. The number of aromatic nitrogens is 3. The number of ether oxygens (including phenoxy) is 7. The average Bonchev–Trinajstić information content (AvgIpc) is 4.03. The van der Waals surface area contributed by atoms with Crippen molar-refractivity contribution in [3.05, 3.63) is 74.8 Å². The predicted molar refractivity (Wildman–Crippen MR) is 307 cm³/mol. The van der Waals surface area contributed by atoms with Crippen molar-refractivity contribution in [3.63, 3.8) is 0 Å². The molecule has 3 aliphatic heterocycles. The third-order valence-electron chi connectivity index (χ3n) is 15.8. The number of amides is 1. The number of nitrogens with zero attached hydrogens (tertiary/aromatic N) is 9. The summed E-state index contributed by atoms with van der Waals surface area (Å²) in [5.41, 5.74) is 0.159. The molecule has 2 fully saturated rings. The number of aliphatic hydroxyl groups excluding tert-OH is 1. The second-order valence-corrected chi connectivity index (χ2v) is 23.1. The Labute approximate surface area is 477 Å². The second kappa shape index (κ2) is 29.1. The molecule has 80 heavy (non-hydrogen) atoms. The van der Waals surface area contributed by atoms with Crippen molar-refractivity contribution >= 4 is 41.3 Å². The average molecular weight is 1130 g/mol. The van der Waals surface area contributed by atoms with Crippen molar-refractivity contribution in [1.82, 2.24) is 34.8 Å². The number of benzene rings is 1. The number of likely N-dealkylation sites (tertiary alicyclic amines) is 1. The monoisotopic (exact) mass is 1130 g/mol. The fourth-order valence-electron chi connectivity index (χ4n) is 11.3. The minimum absolute atomic E-state index is 0.0850. The molecular weight excluding hydrogens is 1050 g/mol. The second-order valence-electron chi connectivity index (χ2n) is 22.7. The van der Waals surface area contributed by atoms with Gasteiger partial charge in [-0.3, -0.25) is 14.9 Å². The molecule has 2 aromatic heterocycles. The molecular formula is C58H86ClN11O10. The van der Waals surface area contributed by atoms with Crippen LogP contribution in [0.2, 0.25) is 5.02 Å². The Morgan fingerprint density at radius 2 is 1.55 bits per heavy atom. The molecule has 440 valence electrons. The molecule has 5 heterocycles. The first kappa shape index (κ1) is 62.3. The first-order valence-electron chi connectivity index (χ1n) is 28.4. The number of carbonyl (C=O) groups is 1. The van der Waals surface area contributed by atoms with Gasteiger partial charge in [0.25, 0.3) is 5.56 Å². The lowest BCUT2D eigenvalue weighted by atomic mass is 9.49. The van der Waals surface area contributed by atoms with Gasteiger partial charge in [-0.2, -0.15) is 10.4 Å². The molecule has 0 spiro atoms. The third-order valence-corrected chi connectivity index (χ3v) is 16.1. The van der Waals surface area contributed by atoms with Gasteiger partial charge in [-0.1, -0.05) is 52.3 Å². The number of hydrogen-bond donors (Lipinski definition) is 3. The maximum Gasteiger partial charge on any atom is 0.250 e. The first-order valence-corrected chi connectivity index (χ1v) is 28.7. The zero-order valence-corrected chi connectivity index (χ0v) is 49.1. The number of guanidine groups is 1. The van der Waals surface area contributed by atoms with E-state index in [-0.39, 0.29) is 42.8 Å². The number of likely N-dealkylation sites (N-methyl/N-ethyl adjacent to an activating group) is 1. The van der Waals surface area contributed by atoms with Crippen molar-refractivity contribution < 1.29 is 43.1 Å². The van der Waals surface area contributed by atoms with Crippen LogP contribution in [0.4, 0.5) is 5.82 Å². The number of halogens is 1. The van der Waals surface area contributed by atoms with E-state index in [1.807, 2.05) is 42.0 Å². The standard InChI is InChI=1S/C58H86ClN11O10/c1-9-43-38-64-70-50(43)65-48(69-18-11-10-12-45(69)17-21-71)35-58(70,7)63-37-42-13-16-49(72)68(39-42)20-23-75-25-27-77-29-31-79-33-32-78-30-28-76-26-24-74-22-19-67(8)54-61-40-57(6,41-62-54)53(73)66-51-55(2,3)52(56(51,4)5)80-46-15-14-44(36-60)47(59)34-46/h13-16,34,38-40,45,51-52,63,71H,9-12,17-33,35,37,41H2,1-8H3,(H,66,73). The zero-order valence-electron chi connectivity index (χ0n) is 48.3. The van der Waals surface area contributed by atoms with Crippen LogP contribution in [0.15, 0.2) is 62.5 Å². The van der Waals surface area contributed by atoms with Gasteiger partial charge in [0.15, 0.2) is 5.82 Å². The highest BCUT2D eigenvalue weighted by atomic mass is 35.5. The highest BCUT2D eigenvalue weighted by Gasteiger charge is 2.64. The summed E-state index contributed by atoms with van der Waals surface area (Å²) in [4.78, 5) is 45.2. The van der Waals surface area contributed by atoms with Gasteiger partial charge in [0, 0.05) is 99.3 Å². The molecule has 22 heteroatoms. The van der Waals surface area contributed by atoms with E-state index in [1.54, 1.807) is 35.0 Å². The van der Waals surface area contributed by atoms with Crippen LogP contribution in [0.25, 0.3) is 0 Å². The number of nitriles is 1. The molecule has 1 saturated carbocycles. The maximum absolute atomic E-state index is 13.7.